The Morgan fingerprint density at radius 3 is 1.23 bits per heavy atom. The molecule has 11 aromatic carbocycles. The van der Waals surface area contributed by atoms with Crippen molar-refractivity contribution in [1.29, 1.82) is 0 Å². The lowest BCUT2D eigenvalue weighted by atomic mass is 10.0. The fourth-order valence-electron chi connectivity index (χ4n) is 11.1. The molecule has 0 aliphatic rings. The van der Waals surface area contributed by atoms with Crippen molar-refractivity contribution in [3.8, 4) is 28.7 Å². The van der Waals surface area contributed by atoms with Gasteiger partial charge in [0.05, 0.1) is 44.6 Å². The van der Waals surface area contributed by atoms with Crippen LogP contribution in [0.1, 0.15) is 12.0 Å². The Morgan fingerprint density at radius 1 is 0.342 bits per heavy atom. The second-order valence-electron chi connectivity index (χ2n) is 23.6. The molecule has 0 unspecified atom stereocenters. The van der Waals surface area contributed by atoms with Crippen LogP contribution in [0.25, 0.3) is 43.1 Å². The maximum absolute atomic E-state index is 13.6. The Hall–Kier alpha value is -11.6. The zero-order valence-corrected chi connectivity index (χ0v) is 63.5. The van der Waals surface area contributed by atoms with Crippen molar-refractivity contribution in [3.05, 3.63) is 151 Å². The van der Waals surface area contributed by atoms with E-state index in [-0.39, 0.29) is 28.0 Å². The van der Waals surface area contributed by atoms with Crippen LogP contribution in [0.5, 0.6) is 28.7 Å². The van der Waals surface area contributed by atoms with Gasteiger partial charge in [-0.25, -0.2) is 0 Å². The van der Waals surface area contributed by atoms with Crippen LogP contribution >= 0.6 is 0 Å². The normalized spacial score (nSPS) is 13.4. The van der Waals surface area contributed by atoms with E-state index in [0.29, 0.717) is 36.4 Å². The molecule has 11 aromatic rings. The molecule has 0 amide bonds. The maximum atomic E-state index is 13.6. The number of benzene rings is 11. The average molecular weight is 1750 g/mol. The van der Waals surface area contributed by atoms with Crippen LogP contribution < -0.4 is 10.1 Å². The number of nitrogens with one attached hydrogen (secondary N) is 1. The highest BCUT2D eigenvalue weighted by Gasteiger charge is 2.33. The van der Waals surface area contributed by atoms with E-state index in [1.165, 1.54) is 37.3 Å². The topological polar surface area (TPSA) is 715 Å². The monoisotopic (exact) mass is 1740 g/mol. The minimum Gasteiger partial charge on any atom is -0.507 e. The van der Waals surface area contributed by atoms with Crippen LogP contribution in [0.3, 0.4) is 0 Å². The zero-order chi connectivity index (χ0) is 83.7. The third-order valence-corrected chi connectivity index (χ3v) is 23.9. The van der Waals surface area contributed by atoms with Gasteiger partial charge in [0.25, 0.3) is 91.1 Å². The second-order valence-corrected chi connectivity index (χ2v) is 36.3. The number of para-hydroxylation sites is 1. The number of aromatic hydroxyl groups is 4. The number of fused-ring (bicyclic) bond motifs is 4. The van der Waals surface area contributed by atoms with E-state index in [0.717, 1.165) is 72.8 Å². The number of nitrogens with zero attached hydrogens (tertiary/aromatic N) is 10. The molecule has 0 fully saturated rings. The highest BCUT2D eigenvalue weighted by Crippen LogP contribution is 2.52. The average Bonchev–Trinajstić information content (AvgIpc) is 0.747. The minimum atomic E-state index is -5.81. The summed E-state index contributed by atoms with van der Waals surface area (Å²) >= 11 is 0. The van der Waals surface area contributed by atoms with Gasteiger partial charge in [0.1, 0.15) is 86.4 Å². The molecule has 114 heavy (non-hydrogen) atoms. The van der Waals surface area contributed by atoms with Gasteiger partial charge in [0.2, 0.25) is 0 Å². The first kappa shape index (κ1) is 83.4. The van der Waals surface area contributed by atoms with E-state index < -0.39 is 267 Å². The fourth-order valence-corrected chi connectivity index (χ4v) is 16.9. The summed E-state index contributed by atoms with van der Waals surface area (Å²) in [4.78, 5) is -9.91. The molecular formula is C62H47N11O32S9. The van der Waals surface area contributed by atoms with Crippen molar-refractivity contribution in [3.63, 3.8) is 0 Å². The number of hydrogen-bond acceptors (Lipinski definition) is 34. The largest absolute Gasteiger partial charge is 0.507 e. The Balaban J connectivity index is 1.03. The van der Waals surface area contributed by atoms with Crippen LogP contribution in [0, 0.1) is 6.92 Å². The highest BCUT2D eigenvalue weighted by molar-refractivity contribution is 7.88. The number of azo groups is 5. The molecule has 0 spiro atoms. The van der Waals surface area contributed by atoms with Crippen molar-refractivity contribution in [1.82, 2.24) is 0 Å². The molecule has 596 valence electrons. The van der Waals surface area contributed by atoms with E-state index in [9.17, 15) is 137 Å². The van der Waals surface area contributed by atoms with E-state index in [2.05, 4.69) is 56.5 Å². The minimum absolute atomic E-state index is 0.00267. The van der Waals surface area contributed by atoms with Crippen molar-refractivity contribution >= 4 is 202 Å². The molecule has 0 aromatic heterocycles. The number of phenols is 4. The Morgan fingerprint density at radius 2 is 0.754 bits per heavy atom. The Labute approximate surface area is 641 Å². The van der Waals surface area contributed by atoms with E-state index in [4.69, 9.17) is 4.74 Å². The van der Waals surface area contributed by atoms with Gasteiger partial charge in [-0.3, -0.25) is 41.0 Å². The summed E-state index contributed by atoms with van der Waals surface area (Å²) in [5, 5.41) is 82.2. The smallest absolute Gasteiger partial charge is 0.297 e. The van der Waals surface area contributed by atoms with Gasteiger partial charge >= 0.3 is 0 Å². The van der Waals surface area contributed by atoms with Crippen LogP contribution in [0.4, 0.5) is 68.2 Å². The molecule has 0 atom stereocenters. The first-order valence-electron chi connectivity index (χ1n) is 30.6. The van der Waals surface area contributed by atoms with Gasteiger partial charge in [-0.15, -0.1) is 46.0 Å². The molecule has 0 aliphatic heterocycles. The lowest BCUT2D eigenvalue weighted by Crippen LogP contribution is -2.08. The van der Waals surface area contributed by atoms with Crippen molar-refractivity contribution in [2.45, 2.75) is 52.5 Å². The van der Waals surface area contributed by atoms with Crippen molar-refractivity contribution in [2.24, 2.45) is 51.1 Å². The van der Waals surface area contributed by atoms with Gasteiger partial charge in [-0.05, 0) is 127 Å². The van der Waals surface area contributed by atoms with Crippen molar-refractivity contribution in [2.75, 3.05) is 17.7 Å². The first-order valence-corrected chi connectivity index (χ1v) is 43.7. The van der Waals surface area contributed by atoms with Crippen molar-refractivity contribution < 1.29 is 142 Å². The van der Waals surface area contributed by atoms with Crippen LogP contribution in [0.2, 0.25) is 0 Å². The summed E-state index contributed by atoms with van der Waals surface area (Å²) in [6, 6.07) is 23.0. The van der Waals surface area contributed by atoms with Gasteiger partial charge < -0.3 is 30.5 Å². The molecule has 43 nitrogen and oxygen atoms in total. The number of ether oxygens (including phenoxy) is 1. The zero-order valence-electron chi connectivity index (χ0n) is 56.2. The van der Waals surface area contributed by atoms with E-state index in [1.54, 1.807) is 6.07 Å². The molecular weight excluding hydrogens is 1700 g/mol. The SMILES string of the molecule is Cc1cc(N=Nc2c(S(=O)(=O)O)cc3c(S(=O)(=O)O)c(N=Nc4c(Nc5ccccc5)ccc5c(O)c(N=Nc6ccc7c(O)c(N=Nc8ccccc8S(=O)(=O)O)c(S(=O)(=O)O)cc7c6S(=O)(=O)O)c(S(=O)(=O)O)cc45)ccc3c2O)c(OCCCS(=O)(=O)O)cc1N=Nc1cc(S(=O)(=O)O)cc2cc(S(=O)(=O)O)cc(O)c12. The number of aryl methyl sites for hydroxylation is 1. The molecule has 0 saturated carbocycles. The molecule has 11 rings (SSSR count). The lowest BCUT2D eigenvalue weighted by molar-refractivity contribution is 0.317. The van der Waals surface area contributed by atoms with Gasteiger partial charge in [-0.2, -0.15) is 80.9 Å². The molecule has 0 saturated heterocycles. The molecule has 52 heteroatoms. The number of rotatable bonds is 25. The molecule has 0 radical (unpaired) electrons. The molecule has 14 N–H and O–H groups in total. The van der Waals surface area contributed by atoms with E-state index >= 15 is 0 Å². The standard InChI is InChI=1S/C62H47N11O32S9/c1-29-20-45(48(105-18-7-19-106(78,79)80)28-44(29)67-69-46-23-32(107(81,82)83)21-30-22-33(108(84,85)86)24-47(74)53(30)46)68-73-57-52(112(96,97)98)27-38-36(60(57)77)13-16-42(61(38)113(99,100)101)65-70-54-37-25-50(110(90,91)92)55(58(75)34(37)12-15-41(54)63-31-8-3-2-4-9-31)72-66-43-17-14-35-39(62(43)114(102,103)104)26-51(111(93,94)95)56(59(35)76)71-64-40-10-5-6-11-49(40)109(87,88)89/h2-6,8-17,20-28,63,74-77H,7,18-19H2,1H3,(H,78,79,80)(H,81,82,83)(H,84,85,86)(H,87,88,89)(H,90,91,92)(H,93,94,95)(H,96,97,98)(H,99,100,101)(H,102,103,104). The molecule has 0 aliphatic carbocycles. The number of anilines is 2. The number of hydrogen-bond donors (Lipinski definition) is 14. The summed E-state index contributed by atoms with van der Waals surface area (Å²) in [5.74, 6) is -6.18. The van der Waals surface area contributed by atoms with Crippen LogP contribution in [-0.4, -0.2) is 150 Å². The maximum Gasteiger partial charge on any atom is 0.297 e. The predicted octanol–water partition coefficient (Wildman–Crippen LogP) is 12.9. The first-order chi connectivity index (χ1) is 52.8. The highest BCUT2D eigenvalue weighted by atomic mass is 32.3. The predicted molar refractivity (Wildman–Crippen MR) is 396 cm³/mol. The third kappa shape index (κ3) is 17.9. The molecule has 0 heterocycles. The number of phenolic OH excluding ortho intramolecular Hbond substituents is 4. The third-order valence-electron chi connectivity index (χ3n) is 16.0. The van der Waals surface area contributed by atoms with Gasteiger partial charge in [0, 0.05) is 50.1 Å². The summed E-state index contributed by atoms with van der Waals surface area (Å²) in [6.45, 7) is 0.716. The van der Waals surface area contributed by atoms with Crippen LogP contribution in [0.15, 0.2) is 236 Å². The second kappa shape index (κ2) is 30.4. The quantitative estimate of drug-likeness (QED) is 0.0144. The lowest BCUT2D eigenvalue weighted by Gasteiger charge is -2.15. The van der Waals surface area contributed by atoms with E-state index in [1.807, 2.05) is 0 Å². The Bertz CT molecular complexity index is 7280. The summed E-state index contributed by atoms with van der Waals surface area (Å²) in [5.41, 5.74) is -8.20. The Kier molecular flexibility index (Phi) is 22.2. The molecule has 0 bridgehead atoms. The van der Waals surface area contributed by atoms with Crippen LogP contribution in [-0.2, 0) is 91.1 Å². The fraction of sp³-hybridized carbons (Fsp3) is 0.0645. The summed E-state index contributed by atoms with van der Waals surface area (Å²) in [6.07, 6.45) is -0.447. The summed E-state index contributed by atoms with van der Waals surface area (Å²) in [7, 11) is -48.6. The van der Waals surface area contributed by atoms with Gasteiger partial charge in [-0.1, -0.05) is 30.3 Å². The summed E-state index contributed by atoms with van der Waals surface area (Å²) < 4.78 is 327. The van der Waals surface area contributed by atoms with Gasteiger partial charge in [0.15, 0.2) is 17.2 Å².